The smallest absolute Gasteiger partial charge is 0.182 e. The SMILES string of the molecule is COc1ccc(Br)c(-n2c(=S)[nH]c3cc(C)ccc32)c1. The molecule has 2 aromatic carbocycles. The number of fused-ring (bicyclic) bond motifs is 1. The lowest BCUT2D eigenvalue weighted by Gasteiger charge is -2.09. The zero-order valence-electron chi connectivity index (χ0n) is 11.1. The number of methoxy groups -OCH3 is 1. The second-order valence-electron chi connectivity index (χ2n) is 4.60. The van der Waals surface area contributed by atoms with Gasteiger partial charge in [-0.2, -0.15) is 0 Å². The van der Waals surface area contributed by atoms with E-state index in [1.165, 1.54) is 5.56 Å². The second kappa shape index (κ2) is 5.07. The highest BCUT2D eigenvalue weighted by Crippen LogP contribution is 2.29. The summed E-state index contributed by atoms with van der Waals surface area (Å²) in [7, 11) is 1.66. The number of hydrogen-bond donors (Lipinski definition) is 1. The van der Waals surface area contributed by atoms with Gasteiger partial charge in [0.1, 0.15) is 5.75 Å². The second-order valence-corrected chi connectivity index (χ2v) is 5.84. The highest BCUT2D eigenvalue weighted by atomic mass is 79.9. The minimum Gasteiger partial charge on any atom is -0.497 e. The van der Waals surface area contributed by atoms with Crippen molar-refractivity contribution in [1.82, 2.24) is 9.55 Å². The molecule has 0 aliphatic carbocycles. The van der Waals surface area contributed by atoms with E-state index >= 15 is 0 Å². The number of aryl methyl sites for hydroxylation is 1. The van der Waals surface area contributed by atoms with Crippen LogP contribution in [0.15, 0.2) is 40.9 Å². The summed E-state index contributed by atoms with van der Waals surface area (Å²) in [5.41, 5.74) is 4.24. The van der Waals surface area contributed by atoms with Crippen molar-refractivity contribution in [2.24, 2.45) is 0 Å². The van der Waals surface area contributed by atoms with Gasteiger partial charge >= 0.3 is 0 Å². The molecule has 102 valence electrons. The highest BCUT2D eigenvalue weighted by molar-refractivity contribution is 9.10. The molecule has 0 fully saturated rings. The van der Waals surface area contributed by atoms with Crippen molar-refractivity contribution in [2.75, 3.05) is 7.11 Å². The van der Waals surface area contributed by atoms with Crippen LogP contribution in [0, 0.1) is 11.7 Å². The Hall–Kier alpha value is -1.59. The van der Waals surface area contributed by atoms with Crippen molar-refractivity contribution in [3.63, 3.8) is 0 Å². The van der Waals surface area contributed by atoms with Crippen LogP contribution in [0.4, 0.5) is 0 Å². The molecule has 0 atom stereocenters. The zero-order valence-corrected chi connectivity index (χ0v) is 13.5. The molecule has 0 saturated heterocycles. The van der Waals surface area contributed by atoms with Crippen molar-refractivity contribution in [3.05, 3.63) is 51.2 Å². The summed E-state index contributed by atoms with van der Waals surface area (Å²) in [6.45, 7) is 2.06. The van der Waals surface area contributed by atoms with Crippen molar-refractivity contribution in [3.8, 4) is 11.4 Å². The number of halogens is 1. The van der Waals surface area contributed by atoms with Crippen molar-refractivity contribution in [1.29, 1.82) is 0 Å². The van der Waals surface area contributed by atoms with Crippen LogP contribution < -0.4 is 4.74 Å². The number of ether oxygens (including phenoxy) is 1. The molecular formula is C15H13BrN2OS. The molecule has 0 bridgehead atoms. The monoisotopic (exact) mass is 348 g/mol. The molecule has 3 rings (SSSR count). The third kappa shape index (κ3) is 2.17. The fourth-order valence-corrected chi connectivity index (χ4v) is 2.99. The number of nitrogens with zero attached hydrogens (tertiary/aromatic N) is 1. The van der Waals surface area contributed by atoms with Crippen LogP contribution >= 0.6 is 28.1 Å². The van der Waals surface area contributed by atoms with Gasteiger partial charge in [0, 0.05) is 10.5 Å². The molecule has 5 heteroatoms. The first-order chi connectivity index (χ1) is 9.60. The Morgan fingerprint density at radius 1 is 1.20 bits per heavy atom. The fourth-order valence-electron chi connectivity index (χ4n) is 2.26. The summed E-state index contributed by atoms with van der Waals surface area (Å²) in [5, 5.41) is 0. The maximum Gasteiger partial charge on any atom is 0.182 e. The Balaban J connectivity index is 2.34. The van der Waals surface area contributed by atoms with Crippen molar-refractivity contribution < 1.29 is 4.74 Å². The number of aromatic nitrogens is 2. The fraction of sp³-hybridized carbons (Fsp3) is 0.133. The summed E-state index contributed by atoms with van der Waals surface area (Å²) >= 11 is 9.04. The van der Waals surface area contributed by atoms with Crippen LogP contribution in [0.5, 0.6) is 5.75 Å². The van der Waals surface area contributed by atoms with Crippen LogP contribution in [-0.2, 0) is 0 Å². The lowest BCUT2D eigenvalue weighted by Crippen LogP contribution is -1.96. The first-order valence-electron chi connectivity index (χ1n) is 6.15. The summed E-state index contributed by atoms with van der Waals surface area (Å²) in [5.74, 6) is 0.798. The van der Waals surface area contributed by atoms with Gasteiger partial charge in [0.15, 0.2) is 4.77 Å². The third-order valence-electron chi connectivity index (χ3n) is 3.23. The third-order valence-corrected chi connectivity index (χ3v) is 4.19. The Labute approximate surface area is 130 Å². The van der Waals surface area contributed by atoms with E-state index in [0.29, 0.717) is 4.77 Å². The molecule has 0 saturated carbocycles. The van der Waals surface area contributed by atoms with Gasteiger partial charge in [0.2, 0.25) is 0 Å². The van der Waals surface area contributed by atoms with Gasteiger partial charge in [-0.25, -0.2) is 0 Å². The van der Waals surface area contributed by atoms with Crippen LogP contribution in [0.25, 0.3) is 16.7 Å². The Kier molecular flexibility index (Phi) is 3.40. The van der Waals surface area contributed by atoms with Crippen LogP contribution in [-0.4, -0.2) is 16.7 Å². The lowest BCUT2D eigenvalue weighted by molar-refractivity contribution is 0.414. The Bertz CT molecular complexity index is 851. The van der Waals surface area contributed by atoms with E-state index in [9.17, 15) is 0 Å². The Morgan fingerprint density at radius 3 is 2.75 bits per heavy atom. The number of H-pyrrole nitrogens is 1. The number of benzene rings is 2. The molecule has 0 radical (unpaired) electrons. The molecule has 20 heavy (non-hydrogen) atoms. The number of rotatable bonds is 2. The van der Waals surface area contributed by atoms with Crippen molar-refractivity contribution in [2.45, 2.75) is 6.92 Å². The molecule has 0 amide bonds. The van der Waals surface area contributed by atoms with Gasteiger partial charge in [0.05, 0.1) is 23.8 Å². The molecule has 0 aliphatic rings. The normalized spacial score (nSPS) is 10.9. The first-order valence-corrected chi connectivity index (χ1v) is 7.35. The lowest BCUT2D eigenvalue weighted by atomic mass is 10.2. The molecule has 3 nitrogen and oxygen atoms in total. The van der Waals surface area contributed by atoms with Gasteiger partial charge < -0.3 is 9.72 Å². The molecule has 3 aromatic rings. The van der Waals surface area contributed by atoms with E-state index in [0.717, 1.165) is 26.9 Å². The van der Waals surface area contributed by atoms with Gasteiger partial charge in [-0.3, -0.25) is 4.57 Å². The quantitative estimate of drug-likeness (QED) is 0.676. The average molecular weight is 349 g/mol. The van der Waals surface area contributed by atoms with E-state index in [1.54, 1.807) is 7.11 Å². The summed E-state index contributed by atoms with van der Waals surface area (Å²) < 4.78 is 8.95. The number of imidazole rings is 1. The predicted molar refractivity (Wildman–Crippen MR) is 87.4 cm³/mol. The minimum absolute atomic E-state index is 0.666. The number of nitrogens with one attached hydrogen (secondary N) is 1. The van der Waals surface area contributed by atoms with Gasteiger partial charge in [-0.15, -0.1) is 0 Å². The van der Waals surface area contributed by atoms with Crippen LogP contribution in [0.2, 0.25) is 0 Å². The van der Waals surface area contributed by atoms with E-state index in [2.05, 4.69) is 46.0 Å². The predicted octanol–water partition coefficient (Wildman–Crippen LogP) is 4.77. The van der Waals surface area contributed by atoms with Gasteiger partial charge in [-0.05, 0) is 64.9 Å². The topological polar surface area (TPSA) is 29.9 Å². The molecule has 1 N–H and O–H groups in total. The zero-order chi connectivity index (χ0) is 14.3. The average Bonchev–Trinajstić information content (AvgIpc) is 2.74. The van der Waals surface area contributed by atoms with E-state index in [1.807, 2.05) is 22.8 Å². The number of hydrogen-bond acceptors (Lipinski definition) is 2. The maximum atomic E-state index is 5.46. The summed E-state index contributed by atoms with van der Waals surface area (Å²) in [6, 6.07) is 12.1. The molecular weight excluding hydrogens is 336 g/mol. The van der Waals surface area contributed by atoms with E-state index in [-0.39, 0.29) is 0 Å². The first kappa shape index (κ1) is 13.4. The summed E-state index contributed by atoms with van der Waals surface area (Å²) in [6.07, 6.45) is 0. The Morgan fingerprint density at radius 2 is 2.00 bits per heavy atom. The van der Waals surface area contributed by atoms with E-state index < -0.39 is 0 Å². The maximum absolute atomic E-state index is 5.46. The molecule has 1 aromatic heterocycles. The molecule has 0 aliphatic heterocycles. The van der Waals surface area contributed by atoms with Crippen molar-refractivity contribution >= 4 is 39.2 Å². The van der Waals surface area contributed by atoms with Gasteiger partial charge in [-0.1, -0.05) is 6.07 Å². The summed E-state index contributed by atoms with van der Waals surface area (Å²) in [4.78, 5) is 3.25. The molecule has 0 unspecified atom stereocenters. The van der Waals surface area contributed by atoms with Crippen LogP contribution in [0.1, 0.15) is 5.56 Å². The van der Waals surface area contributed by atoms with E-state index in [4.69, 9.17) is 17.0 Å². The number of aromatic amines is 1. The molecule has 0 spiro atoms. The molecule has 1 heterocycles. The van der Waals surface area contributed by atoms with Gasteiger partial charge in [0.25, 0.3) is 0 Å². The largest absolute Gasteiger partial charge is 0.497 e. The van der Waals surface area contributed by atoms with Crippen LogP contribution in [0.3, 0.4) is 0 Å². The standard InChI is InChI=1S/C15H13BrN2OS/c1-9-3-6-13-12(7-9)17-15(20)18(13)14-8-10(19-2)4-5-11(14)16/h3-8H,1-2H3,(H,17,20). The highest BCUT2D eigenvalue weighted by Gasteiger charge is 2.10. The minimum atomic E-state index is 0.666.